The second-order valence-electron chi connectivity index (χ2n) is 8.14. The number of hydrogen-bond donors (Lipinski definition) is 2. The Labute approximate surface area is 231 Å². The molecule has 0 radical (unpaired) electrons. The van der Waals surface area contributed by atoms with Gasteiger partial charge in [0.1, 0.15) is 16.3 Å². The molecular weight excluding hydrogens is 549 g/mol. The average Bonchev–Trinajstić information content (AvgIpc) is 3.77. The highest BCUT2D eigenvalue weighted by molar-refractivity contribution is 7.20. The SMILES string of the molecule is O=C(Nc1ncc(N2CCOCC2)s1)c1ccoc1.O=C(Nc1ncc(N2CCOCC2)s1)c1ccsc1. The molecule has 4 aromatic rings. The van der Waals surface area contributed by atoms with E-state index in [4.69, 9.17) is 13.9 Å². The lowest BCUT2D eigenvalue weighted by Gasteiger charge is -2.26. The molecule has 2 N–H and O–H groups in total. The van der Waals surface area contributed by atoms with Gasteiger partial charge >= 0.3 is 0 Å². The van der Waals surface area contributed by atoms with Crippen LogP contribution in [0.15, 0.2) is 52.2 Å². The highest BCUT2D eigenvalue weighted by Crippen LogP contribution is 2.29. The van der Waals surface area contributed by atoms with Crippen molar-refractivity contribution in [2.45, 2.75) is 0 Å². The van der Waals surface area contributed by atoms with Crippen LogP contribution in [0.3, 0.4) is 0 Å². The van der Waals surface area contributed by atoms with E-state index >= 15 is 0 Å². The van der Waals surface area contributed by atoms with Crippen LogP contribution in [-0.4, -0.2) is 74.4 Å². The summed E-state index contributed by atoms with van der Waals surface area (Å²) in [6.45, 7) is 6.42. The maximum absolute atomic E-state index is 11.9. The van der Waals surface area contributed by atoms with Gasteiger partial charge in [-0.25, -0.2) is 9.97 Å². The fraction of sp³-hybridized carbons (Fsp3) is 0.333. The minimum atomic E-state index is -0.211. The van der Waals surface area contributed by atoms with Crippen molar-refractivity contribution in [3.05, 3.63) is 58.9 Å². The van der Waals surface area contributed by atoms with Crippen LogP contribution in [0.4, 0.5) is 20.3 Å². The molecule has 0 spiro atoms. The van der Waals surface area contributed by atoms with Crippen LogP contribution in [-0.2, 0) is 9.47 Å². The molecule has 4 aromatic heterocycles. The van der Waals surface area contributed by atoms with Gasteiger partial charge in [0.2, 0.25) is 0 Å². The van der Waals surface area contributed by atoms with Crippen molar-refractivity contribution in [1.82, 2.24) is 9.97 Å². The third-order valence-corrected chi connectivity index (χ3v) is 8.27. The zero-order valence-corrected chi connectivity index (χ0v) is 22.8. The van der Waals surface area contributed by atoms with Crippen molar-refractivity contribution in [3.63, 3.8) is 0 Å². The molecular formula is C24H26N6O5S3. The number of thiazole rings is 2. The first kappa shape index (κ1) is 26.3. The maximum atomic E-state index is 11.9. The number of hydrogen-bond acceptors (Lipinski definition) is 12. The molecule has 0 unspecified atom stereocenters. The van der Waals surface area contributed by atoms with Gasteiger partial charge in [-0.05, 0) is 17.5 Å². The molecule has 0 saturated carbocycles. The van der Waals surface area contributed by atoms with Gasteiger partial charge in [-0.1, -0.05) is 22.7 Å². The van der Waals surface area contributed by atoms with Crippen molar-refractivity contribution in [2.75, 3.05) is 73.0 Å². The van der Waals surface area contributed by atoms with Gasteiger partial charge in [-0.3, -0.25) is 20.2 Å². The number of furan rings is 1. The van der Waals surface area contributed by atoms with Gasteiger partial charge in [-0.15, -0.1) is 0 Å². The van der Waals surface area contributed by atoms with E-state index in [-0.39, 0.29) is 11.8 Å². The van der Waals surface area contributed by atoms with E-state index in [9.17, 15) is 9.59 Å². The van der Waals surface area contributed by atoms with Crippen molar-refractivity contribution < 1.29 is 23.5 Å². The Morgan fingerprint density at radius 2 is 1.34 bits per heavy atom. The zero-order chi connectivity index (χ0) is 26.2. The molecule has 0 aliphatic carbocycles. The lowest BCUT2D eigenvalue weighted by Crippen LogP contribution is -2.35. The molecule has 200 valence electrons. The van der Waals surface area contributed by atoms with Gasteiger partial charge in [0.25, 0.3) is 11.8 Å². The number of morpholine rings is 2. The Balaban J connectivity index is 0.000000155. The van der Waals surface area contributed by atoms with Crippen molar-refractivity contribution >= 4 is 66.1 Å². The summed E-state index contributed by atoms with van der Waals surface area (Å²) in [5, 5.41) is 12.6. The first-order valence-electron chi connectivity index (χ1n) is 11.9. The summed E-state index contributed by atoms with van der Waals surface area (Å²) < 4.78 is 15.5. The topological polar surface area (TPSA) is 122 Å². The van der Waals surface area contributed by atoms with Gasteiger partial charge in [0.15, 0.2) is 10.3 Å². The normalized spacial score (nSPS) is 15.5. The van der Waals surface area contributed by atoms with E-state index in [1.807, 2.05) is 10.8 Å². The molecule has 6 rings (SSSR count). The second-order valence-corrected chi connectivity index (χ2v) is 10.9. The molecule has 2 aliphatic heterocycles. The molecule has 38 heavy (non-hydrogen) atoms. The number of ether oxygens (including phenoxy) is 2. The molecule has 0 atom stereocenters. The van der Waals surface area contributed by atoms with Crippen molar-refractivity contribution in [1.29, 1.82) is 0 Å². The third kappa shape index (κ3) is 6.96. The van der Waals surface area contributed by atoms with Crippen LogP contribution in [0, 0.1) is 0 Å². The monoisotopic (exact) mass is 574 g/mol. The first-order valence-corrected chi connectivity index (χ1v) is 14.5. The van der Waals surface area contributed by atoms with Crippen LogP contribution in [0.5, 0.6) is 0 Å². The van der Waals surface area contributed by atoms with Crippen LogP contribution in [0.2, 0.25) is 0 Å². The number of carbonyl (C=O) groups excluding carboxylic acids is 2. The van der Waals surface area contributed by atoms with Gasteiger partial charge < -0.3 is 23.7 Å². The Hall–Kier alpha value is -3.30. The van der Waals surface area contributed by atoms with Crippen LogP contribution in [0.25, 0.3) is 0 Å². The summed E-state index contributed by atoms with van der Waals surface area (Å²) in [5.74, 6) is -0.319. The molecule has 0 bridgehead atoms. The molecule has 6 heterocycles. The first-order chi connectivity index (χ1) is 18.7. The van der Waals surface area contributed by atoms with E-state index in [0.29, 0.717) is 21.4 Å². The number of carbonyl (C=O) groups is 2. The highest BCUT2D eigenvalue weighted by atomic mass is 32.1. The summed E-state index contributed by atoms with van der Waals surface area (Å²) in [4.78, 5) is 36.6. The fourth-order valence-corrected chi connectivity index (χ4v) is 6.00. The van der Waals surface area contributed by atoms with Crippen LogP contribution >= 0.6 is 34.0 Å². The highest BCUT2D eigenvalue weighted by Gasteiger charge is 2.17. The Morgan fingerprint density at radius 1 is 0.789 bits per heavy atom. The van der Waals surface area contributed by atoms with E-state index < -0.39 is 0 Å². The average molecular weight is 575 g/mol. The molecule has 14 heteroatoms. The Bertz CT molecular complexity index is 1190. The minimum absolute atomic E-state index is 0.107. The predicted molar refractivity (Wildman–Crippen MR) is 149 cm³/mol. The van der Waals surface area contributed by atoms with Crippen LogP contribution < -0.4 is 20.4 Å². The summed E-state index contributed by atoms with van der Waals surface area (Å²) >= 11 is 4.46. The Morgan fingerprint density at radius 3 is 1.82 bits per heavy atom. The summed E-state index contributed by atoms with van der Waals surface area (Å²) in [6, 6.07) is 3.42. The molecule has 2 fully saturated rings. The summed E-state index contributed by atoms with van der Waals surface area (Å²) in [6.07, 6.45) is 6.46. The third-order valence-electron chi connectivity index (χ3n) is 5.64. The number of rotatable bonds is 6. The summed E-state index contributed by atoms with van der Waals surface area (Å²) in [7, 11) is 0. The van der Waals surface area contributed by atoms with E-state index in [1.165, 1.54) is 46.5 Å². The molecule has 0 aromatic carbocycles. The number of amides is 2. The lowest BCUT2D eigenvalue weighted by atomic mass is 10.3. The number of nitrogens with zero attached hydrogens (tertiary/aromatic N) is 4. The second kappa shape index (κ2) is 13.0. The minimum Gasteiger partial charge on any atom is -0.472 e. The molecule has 2 saturated heterocycles. The Kier molecular flexibility index (Phi) is 8.98. The molecule has 2 aliphatic rings. The maximum Gasteiger partial charge on any atom is 0.260 e. The van der Waals surface area contributed by atoms with Gasteiger partial charge in [-0.2, -0.15) is 11.3 Å². The largest absolute Gasteiger partial charge is 0.472 e. The van der Waals surface area contributed by atoms with E-state index in [2.05, 4.69) is 30.4 Å². The van der Waals surface area contributed by atoms with Crippen LogP contribution in [0.1, 0.15) is 20.7 Å². The quantitative estimate of drug-likeness (QED) is 0.350. The smallest absolute Gasteiger partial charge is 0.260 e. The van der Waals surface area contributed by atoms with Gasteiger partial charge in [0.05, 0.1) is 56.2 Å². The number of anilines is 4. The standard InChI is InChI=1S/C12H13N3O3S.C12H13N3O2S2/c16-11(9-1-4-18-8-9)14-12-13-7-10(19-12)15-2-5-17-6-3-15;16-11(9-1-6-18-8-9)14-12-13-7-10(19-12)15-2-4-17-5-3-15/h1,4,7-8H,2-3,5-6H2,(H,13,14,16);1,6-8H,2-5H2,(H,13,14,16). The number of nitrogens with one attached hydrogen (secondary N) is 2. The predicted octanol–water partition coefficient (Wildman–Crippen LogP) is 4.12. The van der Waals surface area contributed by atoms with E-state index in [0.717, 1.165) is 62.6 Å². The fourth-order valence-electron chi connectivity index (χ4n) is 3.63. The molecule has 2 amide bonds. The van der Waals surface area contributed by atoms with Crippen molar-refractivity contribution in [2.24, 2.45) is 0 Å². The number of aromatic nitrogens is 2. The van der Waals surface area contributed by atoms with E-state index in [1.54, 1.807) is 24.5 Å². The number of thiophene rings is 1. The lowest BCUT2D eigenvalue weighted by molar-refractivity contribution is 0.101. The van der Waals surface area contributed by atoms with Gasteiger partial charge in [0, 0.05) is 31.6 Å². The summed E-state index contributed by atoms with van der Waals surface area (Å²) in [5.41, 5.74) is 1.16. The zero-order valence-electron chi connectivity index (χ0n) is 20.3. The molecule has 11 nitrogen and oxygen atoms in total. The van der Waals surface area contributed by atoms with Crippen molar-refractivity contribution in [3.8, 4) is 0 Å².